The van der Waals surface area contributed by atoms with Crippen molar-refractivity contribution >= 4 is 40.9 Å². The first-order chi connectivity index (χ1) is 11.8. The van der Waals surface area contributed by atoms with Crippen LogP contribution in [0.2, 0.25) is 5.02 Å². The molecule has 2 rings (SSSR count). The summed E-state index contributed by atoms with van der Waals surface area (Å²) < 4.78 is 31.5. The molecule has 1 amide bonds. The van der Waals surface area contributed by atoms with Crippen LogP contribution >= 0.6 is 23.4 Å². The maximum Gasteiger partial charge on any atom is 0.340 e. The van der Waals surface area contributed by atoms with E-state index in [4.69, 9.17) is 16.3 Å². The van der Waals surface area contributed by atoms with Gasteiger partial charge in [-0.3, -0.25) is 4.79 Å². The fraction of sp³-hybridized carbons (Fsp3) is 0.176. The van der Waals surface area contributed by atoms with Crippen molar-refractivity contribution in [1.82, 2.24) is 0 Å². The lowest BCUT2D eigenvalue weighted by molar-refractivity contribution is -0.123. The van der Waals surface area contributed by atoms with Gasteiger partial charge in [0, 0.05) is 11.0 Å². The van der Waals surface area contributed by atoms with Crippen LogP contribution in [0.15, 0.2) is 41.3 Å². The minimum Gasteiger partial charge on any atom is -0.449 e. The van der Waals surface area contributed by atoms with Crippen molar-refractivity contribution in [3.05, 3.63) is 58.6 Å². The van der Waals surface area contributed by atoms with E-state index in [0.717, 1.165) is 17.0 Å². The van der Waals surface area contributed by atoms with Crippen LogP contribution in [0.3, 0.4) is 0 Å². The minimum atomic E-state index is -1.20. The molecule has 0 saturated heterocycles. The third kappa shape index (κ3) is 4.93. The molecule has 8 heteroatoms. The first-order valence-electron chi connectivity index (χ1n) is 7.12. The Morgan fingerprint density at radius 1 is 1.20 bits per heavy atom. The molecule has 0 aromatic heterocycles. The molecule has 2 aromatic carbocycles. The number of halogens is 3. The Balaban J connectivity index is 2.06. The van der Waals surface area contributed by atoms with Crippen molar-refractivity contribution in [2.45, 2.75) is 17.9 Å². The third-order valence-corrected chi connectivity index (χ3v) is 4.29. The summed E-state index contributed by atoms with van der Waals surface area (Å²) in [6.07, 6.45) is 0.636. The highest BCUT2D eigenvalue weighted by molar-refractivity contribution is 7.98. The van der Waals surface area contributed by atoms with E-state index >= 15 is 0 Å². The highest BCUT2D eigenvalue weighted by Gasteiger charge is 2.22. The Kier molecular flexibility index (Phi) is 6.39. The summed E-state index contributed by atoms with van der Waals surface area (Å²) in [5.41, 5.74) is -0.0853. The molecule has 132 valence electrons. The number of anilines is 1. The number of rotatable bonds is 5. The zero-order valence-corrected chi connectivity index (χ0v) is 14.9. The summed E-state index contributed by atoms with van der Waals surface area (Å²) in [4.78, 5) is 25.0. The fourth-order valence-corrected chi connectivity index (χ4v) is 2.53. The molecule has 0 fully saturated rings. The standard InChI is InChI=1S/C17H14ClF2NO3S/c1-9(16(22)21-15-6-3-10(19)7-14(15)20)24-17(23)12-8-11(25-2)4-5-13(12)18/h3-9H,1-2H3,(H,21,22). The number of hydrogen-bond donors (Lipinski definition) is 1. The molecule has 1 atom stereocenters. The molecule has 0 heterocycles. The largest absolute Gasteiger partial charge is 0.449 e. The van der Waals surface area contributed by atoms with Crippen LogP contribution in [-0.4, -0.2) is 24.2 Å². The Morgan fingerprint density at radius 2 is 1.92 bits per heavy atom. The van der Waals surface area contributed by atoms with E-state index in [-0.39, 0.29) is 16.3 Å². The first-order valence-corrected chi connectivity index (χ1v) is 8.72. The molecule has 0 radical (unpaired) electrons. The number of hydrogen-bond acceptors (Lipinski definition) is 4. The summed E-state index contributed by atoms with van der Waals surface area (Å²) in [6.45, 7) is 1.33. The van der Waals surface area contributed by atoms with Gasteiger partial charge in [-0.1, -0.05) is 11.6 Å². The molecule has 0 aliphatic heterocycles. The second-order valence-corrected chi connectivity index (χ2v) is 6.29. The molecule has 0 bridgehead atoms. The molecular formula is C17H14ClF2NO3S. The zero-order valence-electron chi connectivity index (χ0n) is 13.3. The second-order valence-electron chi connectivity index (χ2n) is 5.01. The summed E-state index contributed by atoms with van der Waals surface area (Å²) in [5, 5.41) is 2.43. The molecule has 0 saturated carbocycles. The number of amides is 1. The maximum atomic E-state index is 13.6. The lowest BCUT2D eigenvalue weighted by Crippen LogP contribution is -2.30. The van der Waals surface area contributed by atoms with Gasteiger partial charge in [-0.15, -0.1) is 11.8 Å². The van der Waals surface area contributed by atoms with Crippen molar-refractivity contribution in [2.75, 3.05) is 11.6 Å². The van der Waals surface area contributed by atoms with Crippen molar-refractivity contribution in [3.63, 3.8) is 0 Å². The predicted octanol–water partition coefficient (Wildman–Crippen LogP) is 4.52. The van der Waals surface area contributed by atoms with Gasteiger partial charge >= 0.3 is 5.97 Å². The van der Waals surface area contributed by atoms with Gasteiger partial charge in [0.05, 0.1) is 16.3 Å². The van der Waals surface area contributed by atoms with Gasteiger partial charge in [-0.25, -0.2) is 13.6 Å². The molecule has 0 aliphatic rings. The van der Waals surface area contributed by atoms with Crippen LogP contribution in [0, 0.1) is 11.6 Å². The highest BCUT2D eigenvalue weighted by Crippen LogP contribution is 2.24. The van der Waals surface area contributed by atoms with Crippen LogP contribution in [0.4, 0.5) is 14.5 Å². The van der Waals surface area contributed by atoms with Gasteiger partial charge in [-0.2, -0.15) is 0 Å². The van der Waals surface area contributed by atoms with Crippen LogP contribution in [0.5, 0.6) is 0 Å². The molecule has 1 unspecified atom stereocenters. The predicted molar refractivity (Wildman–Crippen MR) is 93.1 cm³/mol. The number of benzene rings is 2. The van der Waals surface area contributed by atoms with Crippen molar-refractivity contribution in [2.24, 2.45) is 0 Å². The zero-order chi connectivity index (χ0) is 18.6. The van der Waals surface area contributed by atoms with Gasteiger partial charge in [-0.05, 0) is 43.5 Å². The summed E-state index contributed by atoms with van der Waals surface area (Å²) in [7, 11) is 0. The van der Waals surface area contributed by atoms with Crippen molar-refractivity contribution in [1.29, 1.82) is 0 Å². The van der Waals surface area contributed by atoms with Gasteiger partial charge in [0.2, 0.25) is 0 Å². The third-order valence-electron chi connectivity index (χ3n) is 3.24. The Hall–Kier alpha value is -2.12. The molecule has 1 N–H and O–H groups in total. The fourth-order valence-electron chi connectivity index (χ4n) is 1.89. The topological polar surface area (TPSA) is 55.4 Å². The first kappa shape index (κ1) is 19.2. The highest BCUT2D eigenvalue weighted by atomic mass is 35.5. The second kappa shape index (κ2) is 8.31. The molecular weight excluding hydrogens is 372 g/mol. The van der Waals surface area contributed by atoms with Gasteiger partial charge in [0.25, 0.3) is 5.91 Å². The molecule has 4 nitrogen and oxygen atoms in total. The lowest BCUT2D eigenvalue weighted by atomic mass is 10.2. The van der Waals surface area contributed by atoms with Crippen molar-refractivity contribution < 1.29 is 23.1 Å². The Bertz CT molecular complexity index is 816. The smallest absolute Gasteiger partial charge is 0.340 e. The normalized spacial score (nSPS) is 11.7. The van der Waals surface area contributed by atoms with E-state index in [1.165, 1.54) is 18.7 Å². The lowest BCUT2D eigenvalue weighted by Gasteiger charge is -2.14. The van der Waals surface area contributed by atoms with Crippen LogP contribution in [-0.2, 0) is 9.53 Å². The maximum absolute atomic E-state index is 13.6. The van der Waals surface area contributed by atoms with Crippen LogP contribution in [0.1, 0.15) is 17.3 Å². The van der Waals surface area contributed by atoms with E-state index in [1.807, 2.05) is 6.26 Å². The number of nitrogens with one attached hydrogen (secondary N) is 1. The minimum absolute atomic E-state index is 0.126. The molecule has 0 spiro atoms. The SMILES string of the molecule is CSc1ccc(Cl)c(C(=O)OC(C)C(=O)Nc2ccc(F)cc2F)c1. The summed E-state index contributed by atoms with van der Waals surface area (Å²) >= 11 is 7.40. The van der Waals surface area contributed by atoms with Crippen LogP contribution < -0.4 is 5.32 Å². The molecule has 25 heavy (non-hydrogen) atoms. The van der Waals surface area contributed by atoms with E-state index < -0.39 is 29.6 Å². The Morgan fingerprint density at radius 3 is 2.56 bits per heavy atom. The molecule has 0 aliphatic carbocycles. The number of thioether (sulfide) groups is 1. The van der Waals surface area contributed by atoms with Crippen LogP contribution in [0.25, 0.3) is 0 Å². The number of carbonyl (C=O) groups is 2. The van der Waals surface area contributed by atoms with Gasteiger partial charge in [0.1, 0.15) is 11.6 Å². The van der Waals surface area contributed by atoms with Gasteiger partial charge < -0.3 is 10.1 Å². The Labute approximate surface area is 152 Å². The van der Waals surface area contributed by atoms with Crippen molar-refractivity contribution in [3.8, 4) is 0 Å². The van der Waals surface area contributed by atoms with E-state index in [1.54, 1.807) is 18.2 Å². The number of ether oxygens (including phenoxy) is 1. The summed E-state index contributed by atoms with van der Waals surface area (Å²) in [6, 6.07) is 7.58. The van der Waals surface area contributed by atoms with E-state index in [9.17, 15) is 18.4 Å². The average Bonchev–Trinajstić information content (AvgIpc) is 2.57. The van der Waals surface area contributed by atoms with E-state index in [0.29, 0.717) is 6.07 Å². The average molecular weight is 386 g/mol. The number of esters is 1. The summed E-state index contributed by atoms with van der Waals surface area (Å²) in [5.74, 6) is -3.22. The monoisotopic (exact) mass is 385 g/mol. The molecule has 2 aromatic rings. The van der Waals surface area contributed by atoms with Gasteiger partial charge in [0.15, 0.2) is 6.10 Å². The number of carbonyl (C=O) groups excluding carboxylic acids is 2. The quantitative estimate of drug-likeness (QED) is 0.607. The van der Waals surface area contributed by atoms with E-state index in [2.05, 4.69) is 5.32 Å².